The number of nitrogens with zero attached hydrogens (tertiary/aromatic N) is 1. The molecule has 0 aliphatic rings. The van der Waals surface area contributed by atoms with Crippen LogP contribution in [0.25, 0.3) is 11.3 Å². The Labute approximate surface area is 93.4 Å². The van der Waals surface area contributed by atoms with Crippen molar-refractivity contribution in [1.29, 1.82) is 0 Å². The van der Waals surface area contributed by atoms with Crippen molar-refractivity contribution in [3.8, 4) is 11.3 Å². The van der Waals surface area contributed by atoms with E-state index in [4.69, 9.17) is 13.6 Å². The summed E-state index contributed by atoms with van der Waals surface area (Å²) >= 11 is 0. The molecule has 0 aliphatic heterocycles. The van der Waals surface area contributed by atoms with Crippen LogP contribution in [0.15, 0.2) is 33.8 Å². The summed E-state index contributed by atoms with van der Waals surface area (Å²) in [7, 11) is 1.68. The maximum Gasteiger partial charge on any atom is 0.181 e. The van der Waals surface area contributed by atoms with Crippen LogP contribution < -0.4 is 5.32 Å². The molecular formula is C11H14N2O3. The van der Waals surface area contributed by atoms with Crippen LogP contribution >= 0.6 is 0 Å². The zero-order chi connectivity index (χ0) is 11.2. The summed E-state index contributed by atoms with van der Waals surface area (Å²) in [6.45, 7) is 2.12. The first-order valence-electron chi connectivity index (χ1n) is 5.06. The van der Waals surface area contributed by atoms with Crippen molar-refractivity contribution in [3.05, 3.63) is 30.7 Å². The van der Waals surface area contributed by atoms with E-state index >= 15 is 0 Å². The molecule has 5 heteroatoms. The van der Waals surface area contributed by atoms with Gasteiger partial charge >= 0.3 is 0 Å². The minimum Gasteiger partial charge on any atom is -0.472 e. The SMILES string of the molecule is COCCNCc1ncoc1-c1ccoc1. The Balaban J connectivity index is 1.97. The Bertz CT molecular complexity index is 409. The summed E-state index contributed by atoms with van der Waals surface area (Å²) in [5.41, 5.74) is 1.78. The van der Waals surface area contributed by atoms with Crippen LogP contribution in [0.1, 0.15) is 5.69 Å². The van der Waals surface area contributed by atoms with Crippen LogP contribution in [0.4, 0.5) is 0 Å². The maximum absolute atomic E-state index is 5.32. The number of aromatic nitrogens is 1. The molecule has 0 saturated carbocycles. The van der Waals surface area contributed by atoms with Crippen molar-refractivity contribution >= 4 is 0 Å². The average molecular weight is 222 g/mol. The van der Waals surface area contributed by atoms with Gasteiger partial charge in [-0.25, -0.2) is 4.98 Å². The van der Waals surface area contributed by atoms with Gasteiger partial charge in [0.1, 0.15) is 12.0 Å². The summed E-state index contributed by atoms with van der Waals surface area (Å²) in [6, 6.07) is 1.85. The number of nitrogens with one attached hydrogen (secondary N) is 1. The van der Waals surface area contributed by atoms with E-state index in [0.29, 0.717) is 13.2 Å². The average Bonchev–Trinajstić information content (AvgIpc) is 2.94. The van der Waals surface area contributed by atoms with Crippen molar-refractivity contribution < 1.29 is 13.6 Å². The molecule has 0 fully saturated rings. The molecule has 0 amide bonds. The van der Waals surface area contributed by atoms with Gasteiger partial charge in [0, 0.05) is 20.2 Å². The predicted octanol–water partition coefficient (Wildman–Crippen LogP) is 1.67. The van der Waals surface area contributed by atoms with Gasteiger partial charge in [-0.3, -0.25) is 0 Å². The zero-order valence-electron chi connectivity index (χ0n) is 9.10. The monoisotopic (exact) mass is 222 g/mol. The highest BCUT2D eigenvalue weighted by molar-refractivity contribution is 5.57. The van der Waals surface area contributed by atoms with Gasteiger partial charge in [0.2, 0.25) is 0 Å². The third-order valence-electron chi connectivity index (χ3n) is 2.20. The van der Waals surface area contributed by atoms with Gasteiger partial charge in [0.15, 0.2) is 12.2 Å². The second-order valence-electron chi connectivity index (χ2n) is 3.31. The summed E-state index contributed by atoms with van der Waals surface area (Å²) < 4.78 is 15.3. The van der Waals surface area contributed by atoms with Gasteiger partial charge in [0.05, 0.1) is 18.4 Å². The molecule has 5 nitrogen and oxygen atoms in total. The van der Waals surface area contributed by atoms with Crippen LogP contribution in [-0.2, 0) is 11.3 Å². The van der Waals surface area contributed by atoms with E-state index in [-0.39, 0.29) is 0 Å². The topological polar surface area (TPSA) is 60.4 Å². The lowest BCUT2D eigenvalue weighted by Gasteiger charge is -2.02. The minimum atomic E-state index is 0.653. The Morgan fingerprint density at radius 2 is 2.44 bits per heavy atom. The van der Waals surface area contributed by atoms with Gasteiger partial charge in [-0.2, -0.15) is 0 Å². The van der Waals surface area contributed by atoms with Crippen molar-refractivity contribution in [1.82, 2.24) is 10.3 Å². The van der Waals surface area contributed by atoms with Crippen molar-refractivity contribution in [2.24, 2.45) is 0 Å². The molecule has 2 aromatic heterocycles. The van der Waals surface area contributed by atoms with Gasteiger partial charge in [-0.15, -0.1) is 0 Å². The molecule has 2 aromatic rings. The molecule has 0 aromatic carbocycles. The van der Waals surface area contributed by atoms with E-state index < -0.39 is 0 Å². The summed E-state index contributed by atoms with van der Waals surface area (Å²) in [6.07, 6.45) is 4.69. The molecule has 0 atom stereocenters. The molecule has 1 N–H and O–H groups in total. The van der Waals surface area contributed by atoms with Crippen LogP contribution in [0.2, 0.25) is 0 Å². The standard InChI is InChI=1S/C11H14N2O3/c1-14-5-3-12-6-10-11(16-8-13-10)9-2-4-15-7-9/h2,4,7-8,12H,3,5-6H2,1H3. The molecule has 0 aliphatic carbocycles. The molecule has 0 radical (unpaired) electrons. The third kappa shape index (κ3) is 2.50. The maximum atomic E-state index is 5.32. The molecule has 86 valence electrons. The van der Waals surface area contributed by atoms with Crippen LogP contribution in [0.3, 0.4) is 0 Å². The fourth-order valence-electron chi connectivity index (χ4n) is 1.40. The van der Waals surface area contributed by atoms with E-state index in [1.165, 1.54) is 6.39 Å². The predicted molar refractivity (Wildman–Crippen MR) is 57.8 cm³/mol. The minimum absolute atomic E-state index is 0.653. The Kier molecular flexibility index (Phi) is 3.74. The molecule has 2 heterocycles. The number of hydrogen-bond donors (Lipinski definition) is 1. The molecule has 2 rings (SSSR count). The quantitative estimate of drug-likeness (QED) is 0.753. The second kappa shape index (κ2) is 5.48. The molecule has 0 unspecified atom stereocenters. The molecular weight excluding hydrogens is 208 g/mol. The van der Waals surface area contributed by atoms with Crippen LogP contribution in [-0.4, -0.2) is 25.2 Å². The summed E-state index contributed by atoms with van der Waals surface area (Å²) in [4.78, 5) is 4.16. The highest BCUT2D eigenvalue weighted by atomic mass is 16.5. The molecule has 0 saturated heterocycles. The first-order valence-corrected chi connectivity index (χ1v) is 5.06. The molecule has 0 spiro atoms. The van der Waals surface area contributed by atoms with E-state index in [1.54, 1.807) is 19.6 Å². The van der Waals surface area contributed by atoms with E-state index in [2.05, 4.69) is 10.3 Å². The van der Waals surface area contributed by atoms with E-state index in [9.17, 15) is 0 Å². The van der Waals surface area contributed by atoms with Gasteiger partial charge in [0.25, 0.3) is 0 Å². The lowest BCUT2D eigenvalue weighted by molar-refractivity contribution is 0.199. The second-order valence-corrected chi connectivity index (χ2v) is 3.31. The fraction of sp³-hybridized carbons (Fsp3) is 0.364. The fourth-order valence-corrected chi connectivity index (χ4v) is 1.40. The number of rotatable bonds is 6. The van der Waals surface area contributed by atoms with E-state index in [1.807, 2.05) is 6.07 Å². The van der Waals surface area contributed by atoms with Crippen LogP contribution in [0.5, 0.6) is 0 Å². The lowest BCUT2D eigenvalue weighted by atomic mass is 10.2. The Morgan fingerprint density at radius 3 is 3.19 bits per heavy atom. The summed E-state index contributed by atoms with van der Waals surface area (Å²) in [5, 5.41) is 3.21. The van der Waals surface area contributed by atoms with Crippen LogP contribution in [0, 0.1) is 0 Å². The van der Waals surface area contributed by atoms with Crippen molar-refractivity contribution in [3.63, 3.8) is 0 Å². The molecule has 16 heavy (non-hydrogen) atoms. The molecule has 0 bridgehead atoms. The third-order valence-corrected chi connectivity index (χ3v) is 2.20. The zero-order valence-corrected chi connectivity index (χ0v) is 9.10. The van der Waals surface area contributed by atoms with E-state index in [0.717, 1.165) is 23.6 Å². The number of oxazole rings is 1. The normalized spacial score (nSPS) is 10.8. The largest absolute Gasteiger partial charge is 0.472 e. The van der Waals surface area contributed by atoms with Crippen molar-refractivity contribution in [2.75, 3.05) is 20.3 Å². The first kappa shape index (κ1) is 10.9. The van der Waals surface area contributed by atoms with Gasteiger partial charge in [-0.05, 0) is 6.07 Å². The van der Waals surface area contributed by atoms with Gasteiger partial charge in [-0.1, -0.05) is 0 Å². The number of furan rings is 1. The number of methoxy groups -OCH3 is 1. The summed E-state index contributed by atoms with van der Waals surface area (Å²) in [5.74, 6) is 0.749. The highest BCUT2D eigenvalue weighted by Gasteiger charge is 2.10. The highest BCUT2D eigenvalue weighted by Crippen LogP contribution is 2.22. The Hall–Kier alpha value is -1.59. The smallest absolute Gasteiger partial charge is 0.181 e. The van der Waals surface area contributed by atoms with Gasteiger partial charge < -0.3 is 18.9 Å². The number of hydrogen-bond acceptors (Lipinski definition) is 5. The first-order chi connectivity index (χ1) is 7.92. The number of ether oxygens (including phenoxy) is 1. The van der Waals surface area contributed by atoms with Crippen molar-refractivity contribution in [2.45, 2.75) is 6.54 Å². The Morgan fingerprint density at radius 1 is 1.50 bits per heavy atom. The lowest BCUT2D eigenvalue weighted by Crippen LogP contribution is -2.19.